The van der Waals surface area contributed by atoms with Crippen LogP contribution in [0.15, 0.2) is 71.7 Å². The van der Waals surface area contributed by atoms with Crippen molar-refractivity contribution in [2.45, 2.75) is 38.8 Å². The van der Waals surface area contributed by atoms with Gasteiger partial charge in [-0.3, -0.25) is 4.79 Å². The van der Waals surface area contributed by atoms with E-state index < -0.39 is 0 Å². The molecule has 1 amide bonds. The van der Waals surface area contributed by atoms with Crippen molar-refractivity contribution in [2.75, 3.05) is 7.11 Å². The Balaban J connectivity index is 1.38. The maximum absolute atomic E-state index is 14.1. The number of ether oxygens (including phenoxy) is 2. The van der Waals surface area contributed by atoms with Crippen LogP contribution in [-0.2, 0) is 26.0 Å². The monoisotopic (exact) mass is 654 g/mol. The van der Waals surface area contributed by atoms with Crippen molar-refractivity contribution in [1.29, 1.82) is 0 Å². The maximum atomic E-state index is 14.1. The molecule has 0 fully saturated rings. The van der Waals surface area contributed by atoms with E-state index in [1.165, 1.54) is 10.9 Å². The standard InChI is InChI=1S/C31H28FIN2O3S/c1-37-26-16-21(15-25(33)29(26)38-19-22-11-5-7-13-24(22)32)18-35-31-28(23-12-6-8-14-27(23)39-31)30(36)34-17-20-9-3-2-4-10-20/h2-5,7,9-11,13,15-16,18H,6,8,12,14,17,19H2,1H3,(H,34,36). The number of hydrogen-bond donors (Lipinski definition) is 1. The second-order valence-corrected chi connectivity index (χ2v) is 11.5. The fourth-order valence-electron chi connectivity index (χ4n) is 4.60. The predicted octanol–water partition coefficient (Wildman–Crippen LogP) is 7.64. The van der Waals surface area contributed by atoms with Crippen LogP contribution in [0.5, 0.6) is 11.5 Å². The summed E-state index contributed by atoms with van der Waals surface area (Å²) in [7, 11) is 1.57. The molecule has 0 spiro atoms. The van der Waals surface area contributed by atoms with Crippen LogP contribution in [0.1, 0.15) is 50.3 Å². The largest absolute Gasteiger partial charge is 0.493 e. The molecule has 0 radical (unpaired) electrons. The highest BCUT2D eigenvalue weighted by Crippen LogP contribution is 2.40. The van der Waals surface area contributed by atoms with Gasteiger partial charge in [-0.05, 0) is 83.2 Å². The van der Waals surface area contributed by atoms with Gasteiger partial charge in [0, 0.05) is 23.2 Å². The van der Waals surface area contributed by atoms with Crippen molar-refractivity contribution in [3.63, 3.8) is 0 Å². The topological polar surface area (TPSA) is 59.9 Å². The molecule has 0 saturated heterocycles. The number of carbonyl (C=O) groups excluding carboxylic acids is 1. The van der Waals surface area contributed by atoms with E-state index in [4.69, 9.17) is 14.5 Å². The van der Waals surface area contributed by atoms with Gasteiger partial charge in [0.2, 0.25) is 0 Å². The summed E-state index contributed by atoms with van der Waals surface area (Å²) in [5, 5.41) is 3.81. The highest BCUT2D eigenvalue weighted by Gasteiger charge is 2.25. The molecule has 1 aromatic heterocycles. The Labute approximate surface area is 245 Å². The molecule has 8 heteroatoms. The number of fused-ring (bicyclic) bond motifs is 1. The molecule has 1 heterocycles. The van der Waals surface area contributed by atoms with Gasteiger partial charge < -0.3 is 14.8 Å². The van der Waals surface area contributed by atoms with Crippen LogP contribution in [0.2, 0.25) is 0 Å². The minimum atomic E-state index is -0.308. The molecular formula is C31H28FIN2O3S. The summed E-state index contributed by atoms with van der Waals surface area (Å²) in [4.78, 5) is 19.4. The Bertz CT molecular complexity index is 1500. The molecule has 5 rings (SSSR count). The van der Waals surface area contributed by atoms with E-state index in [1.807, 2.05) is 42.5 Å². The van der Waals surface area contributed by atoms with Gasteiger partial charge in [-0.2, -0.15) is 0 Å². The summed E-state index contributed by atoms with van der Waals surface area (Å²) in [6.45, 7) is 0.561. The quantitative estimate of drug-likeness (QED) is 0.149. The number of nitrogens with zero attached hydrogens (tertiary/aromatic N) is 1. The number of hydrogen-bond acceptors (Lipinski definition) is 5. The van der Waals surface area contributed by atoms with Crippen LogP contribution >= 0.6 is 33.9 Å². The lowest BCUT2D eigenvalue weighted by Gasteiger charge is -2.14. The third-order valence-corrected chi connectivity index (χ3v) is 8.59. The van der Waals surface area contributed by atoms with E-state index in [0.29, 0.717) is 29.2 Å². The van der Waals surface area contributed by atoms with E-state index in [9.17, 15) is 9.18 Å². The summed E-state index contributed by atoms with van der Waals surface area (Å²) in [6.07, 6.45) is 5.85. The van der Waals surface area contributed by atoms with Crippen LogP contribution in [0.4, 0.5) is 9.39 Å². The zero-order valence-corrected chi connectivity index (χ0v) is 24.5. The molecule has 5 nitrogen and oxygen atoms in total. The minimum Gasteiger partial charge on any atom is -0.493 e. The number of amides is 1. The number of halogens is 2. The molecule has 4 aromatic rings. The van der Waals surface area contributed by atoms with Crippen LogP contribution in [0, 0.1) is 9.39 Å². The first-order valence-electron chi connectivity index (χ1n) is 12.8. The Hall–Kier alpha value is -3.24. The first-order valence-corrected chi connectivity index (χ1v) is 14.7. The maximum Gasteiger partial charge on any atom is 0.254 e. The number of carbonyl (C=O) groups is 1. The van der Waals surface area contributed by atoms with Crippen molar-refractivity contribution in [3.05, 3.63) is 109 Å². The first kappa shape index (κ1) is 27.3. The van der Waals surface area contributed by atoms with Crippen molar-refractivity contribution < 1.29 is 18.7 Å². The zero-order chi connectivity index (χ0) is 27.2. The summed E-state index contributed by atoms with van der Waals surface area (Å²) >= 11 is 3.79. The number of methoxy groups -OCH3 is 1. The van der Waals surface area contributed by atoms with Crippen LogP contribution < -0.4 is 14.8 Å². The molecule has 1 N–H and O–H groups in total. The Morgan fingerprint density at radius 2 is 1.87 bits per heavy atom. The molecule has 39 heavy (non-hydrogen) atoms. The number of aliphatic imine (C=N–C) groups is 1. The minimum absolute atomic E-state index is 0.0885. The molecule has 0 aliphatic heterocycles. The molecule has 1 aliphatic rings. The molecule has 0 saturated carbocycles. The Morgan fingerprint density at radius 1 is 1.10 bits per heavy atom. The van der Waals surface area contributed by atoms with Gasteiger partial charge in [-0.15, -0.1) is 11.3 Å². The van der Waals surface area contributed by atoms with E-state index in [2.05, 4.69) is 27.9 Å². The van der Waals surface area contributed by atoms with Crippen molar-refractivity contribution in [3.8, 4) is 11.5 Å². The van der Waals surface area contributed by atoms with Crippen molar-refractivity contribution in [1.82, 2.24) is 5.32 Å². The summed E-state index contributed by atoms with van der Waals surface area (Å²) < 4.78 is 26.4. The third-order valence-electron chi connectivity index (χ3n) is 6.59. The normalized spacial score (nSPS) is 12.8. The second-order valence-electron chi connectivity index (χ2n) is 9.23. The SMILES string of the molecule is COc1cc(C=Nc2sc3c(c2C(=O)NCc2ccccc2)CCCC3)cc(I)c1OCc1ccccc1F. The van der Waals surface area contributed by atoms with Gasteiger partial charge in [0.05, 0.1) is 16.2 Å². The lowest BCUT2D eigenvalue weighted by atomic mass is 9.95. The molecule has 0 unspecified atom stereocenters. The average molecular weight is 655 g/mol. The highest BCUT2D eigenvalue weighted by molar-refractivity contribution is 14.1. The molecular weight excluding hydrogens is 626 g/mol. The second kappa shape index (κ2) is 12.7. The van der Waals surface area contributed by atoms with Gasteiger partial charge in [0.1, 0.15) is 17.4 Å². The number of benzene rings is 3. The summed E-state index contributed by atoms with van der Waals surface area (Å²) in [5.74, 6) is 0.684. The van der Waals surface area contributed by atoms with Crippen LogP contribution in [-0.4, -0.2) is 19.2 Å². The van der Waals surface area contributed by atoms with Crippen LogP contribution in [0.3, 0.4) is 0 Å². The predicted molar refractivity (Wildman–Crippen MR) is 162 cm³/mol. The van der Waals surface area contributed by atoms with E-state index in [0.717, 1.165) is 50.9 Å². The van der Waals surface area contributed by atoms with Crippen molar-refractivity contribution >= 4 is 51.1 Å². The molecule has 200 valence electrons. The highest BCUT2D eigenvalue weighted by atomic mass is 127. The fourth-order valence-corrected chi connectivity index (χ4v) is 6.61. The van der Waals surface area contributed by atoms with Gasteiger partial charge in [-0.1, -0.05) is 48.5 Å². The number of nitrogens with one attached hydrogen (secondary N) is 1. The van der Waals surface area contributed by atoms with E-state index in [-0.39, 0.29) is 18.3 Å². The van der Waals surface area contributed by atoms with Crippen LogP contribution in [0.25, 0.3) is 0 Å². The lowest BCUT2D eigenvalue weighted by molar-refractivity contribution is 0.0951. The average Bonchev–Trinajstić information content (AvgIpc) is 3.34. The van der Waals surface area contributed by atoms with Gasteiger partial charge >= 0.3 is 0 Å². The number of aryl methyl sites for hydroxylation is 1. The fraction of sp³-hybridized carbons (Fsp3) is 0.226. The van der Waals surface area contributed by atoms with Gasteiger partial charge in [0.25, 0.3) is 5.91 Å². The number of rotatable bonds is 9. The summed E-state index contributed by atoms with van der Waals surface area (Å²) in [6, 6.07) is 20.2. The molecule has 0 bridgehead atoms. The number of thiophene rings is 1. The van der Waals surface area contributed by atoms with Gasteiger partial charge in [-0.25, -0.2) is 9.38 Å². The van der Waals surface area contributed by atoms with Crippen molar-refractivity contribution in [2.24, 2.45) is 4.99 Å². The smallest absolute Gasteiger partial charge is 0.254 e. The molecule has 1 aliphatic carbocycles. The van der Waals surface area contributed by atoms with E-state index in [1.54, 1.807) is 42.9 Å². The lowest BCUT2D eigenvalue weighted by Crippen LogP contribution is -2.24. The first-order chi connectivity index (χ1) is 19.0. The van der Waals surface area contributed by atoms with E-state index >= 15 is 0 Å². The molecule has 3 aromatic carbocycles. The zero-order valence-electron chi connectivity index (χ0n) is 21.5. The summed E-state index contributed by atoms with van der Waals surface area (Å²) in [5.41, 5.74) is 4.16. The van der Waals surface area contributed by atoms with Gasteiger partial charge in [0.15, 0.2) is 11.5 Å². The Morgan fingerprint density at radius 3 is 2.67 bits per heavy atom. The Kier molecular flexibility index (Phi) is 8.93. The third kappa shape index (κ3) is 6.50. The molecule has 0 atom stereocenters.